The number of nitrogens with zero attached hydrogens (tertiary/aromatic N) is 3. The lowest BCUT2D eigenvalue weighted by Crippen LogP contribution is -2.20. The molecule has 4 aromatic rings. The highest BCUT2D eigenvalue weighted by Gasteiger charge is 2.15. The van der Waals surface area contributed by atoms with Crippen LogP contribution in [0.4, 0.5) is 5.82 Å². The van der Waals surface area contributed by atoms with Crippen molar-refractivity contribution < 1.29 is 9.32 Å². The molecule has 0 atom stereocenters. The first-order valence-electron chi connectivity index (χ1n) is 8.43. The molecule has 1 amide bonds. The molecule has 0 saturated carbocycles. The van der Waals surface area contributed by atoms with Gasteiger partial charge in [0.2, 0.25) is 5.91 Å². The van der Waals surface area contributed by atoms with E-state index in [1.165, 1.54) is 27.7 Å². The standard InChI is InChI=1S/C19H16N4O3S2/c1-11-8-15(22-26-11)20-16(24)10-27-19-21-17-13(18(25)23(19)2)9-14(28-17)12-6-4-3-5-7-12/h3-9H,10H2,1-2H3,(H,20,22,24). The smallest absolute Gasteiger partial charge is 0.262 e. The summed E-state index contributed by atoms with van der Waals surface area (Å²) in [5.41, 5.74) is 0.919. The Bertz CT molecular complexity index is 1210. The van der Waals surface area contributed by atoms with Gasteiger partial charge in [-0.25, -0.2) is 4.98 Å². The largest absolute Gasteiger partial charge is 0.360 e. The Hall–Kier alpha value is -2.91. The van der Waals surface area contributed by atoms with Gasteiger partial charge in [0.25, 0.3) is 5.56 Å². The number of hydrogen-bond acceptors (Lipinski definition) is 7. The number of carbonyl (C=O) groups excluding carboxylic acids is 1. The highest BCUT2D eigenvalue weighted by molar-refractivity contribution is 7.99. The maximum atomic E-state index is 12.7. The minimum Gasteiger partial charge on any atom is -0.360 e. The first-order chi connectivity index (χ1) is 13.5. The van der Waals surface area contributed by atoms with Gasteiger partial charge >= 0.3 is 0 Å². The summed E-state index contributed by atoms with van der Waals surface area (Å²) < 4.78 is 6.40. The molecule has 142 valence electrons. The number of nitrogens with one attached hydrogen (secondary N) is 1. The van der Waals surface area contributed by atoms with Crippen molar-refractivity contribution in [1.29, 1.82) is 0 Å². The summed E-state index contributed by atoms with van der Waals surface area (Å²) in [7, 11) is 1.66. The molecule has 4 rings (SSSR count). The van der Waals surface area contributed by atoms with Gasteiger partial charge in [-0.3, -0.25) is 14.2 Å². The molecule has 1 N–H and O–H groups in total. The third-order valence-corrected chi connectivity index (χ3v) is 6.13. The fourth-order valence-electron chi connectivity index (χ4n) is 2.66. The number of hydrogen-bond donors (Lipinski definition) is 1. The van der Waals surface area contributed by atoms with Gasteiger partial charge in [-0.15, -0.1) is 11.3 Å². The number of amides is 1. The van der Waals surface area contributed by atoms with E-state index in [-0.39, 0.29) is 17.2 Å². The number of anilines is 1. The van der Waals surface area contributed by atoms with E-state index in [0.717, 1.165) is 10.4 Å². The van der Waals surface area contributed by atoms with E-state index in [1.807, 2.05) is 36.4 Å². The second-order valence-electron chi connectivity index (χ2n) is 6.11. The van der Waals surface area contributed by atoms with Crippen LogP contribution in [0.15, 0.2) is 56.9 Å². The van der Waals surface area contributed by atoms with E-state index in [1.54, 1.807) is 20.0 Å². The number of thiophene rings is 1. The Morgan fingerprint density at radius 1 is 1.29 bits per heavy atom. The van der Waals surface area contributed by atoms with Crippen molar-refractivity contribution >= 4 is 45.0 Å². The highest BCUT2D eigenvalue weighted by Crippen LogP contribution is 2.31. The van der Waals surface area contributed by atoms with Gasteiger partial charge in [-0.1, -0.05) is 47.3 Å². The van der Waals surface area contributed by atoms with E-state index in [9.17, 15) is 9.59 Å². The second kappa shape index (κ2) is 7.61. The van der Waals surface area contributed by atoms with Crippen molar-refractivity contribution in [1.82, 2.24) is 14.7 Å². The van der Waals surface area contributed by atoms with E-state index >= 15 is 0 Å². The van der Waals surface area contributed by atoms with Crippen LogP contribution in [0.25, 0.3) is 20.7 Å². The molecule has 0 radical (unpaired) electrons. The molecule has 0 aliphatic carbocycles. The molecule has 7 nitrogen and oxygen atoms in total. The van der Waals surface area contributed by atoms with Crippen molar-refractivity contribution in [3.05, 3.63) is 58.6 Å². The van der Waals surface area contributed by atoms with E-state index in [2.05, 4.69) is 15.5 Å². The molecule has 0 saturated heterocycles. The van der Waals surface area contributed by atoms with Crippen molar-refractivity contribution in [3.8, 4) is 10.4 Å². The second-order valence-corrected chi connectivity index (χ2v) is 8.09. The van der Waals surface area contributed by atoms with Gasteiger partial charge in [0.05, 0.1) is 11.1 Å². The van der Waals surface area contributed by atoms with Crippen molar-refractivity contribution in [2.75, 3.05) is 11.1 Å². The third-order valence-electron chi connectivity index (χ3n) is 4.02. The maximum Gasteiger partial charge on any atom is 0.262 e. The van der Waals surface area contributed by atoms with Gasteiger partial charge in [-0.05, 0) is 18.6 Å². The van der Waals surface area contributed by atoms with Crippen LogP contribution in [-0.2, 0) is 11.8 Å². The molecule has 3 aromatic heterocycles. The maximum absolute atomic E-state index is 12.7. The number of rotatable bonds is 5. The zero-order chi connectivity index (χ0) is 19.7. The fourth-order valence-corrected chi connectivity index (χ4v) is 4.51. The van der Waals surface area contributed by atoms with Crippen LogP contribution < -0.4 is 10.9 Å². The first-order valence-corrected chi connectivity index (χ1v) is 10.2. The number of benzene rings is 1. The summed E-state index contributed by atoms with van der Waals surface area (Å²) in [4.78, 5) is 31.1. The zero-order valence-electron chi connectivity index (χ0n) is 15.1. The molecule has 1 aromatic carbocycles. The van der Waals surface area contributed by atoms with Crippen LogP contribution in [0.2, 0.25) is 0 Å². The number of carbonyl (C=O) groups is 1. The number of aryl methyl sites for hydroxylation is 1. The SMILES string of the molecule is Cc1cc(NC(=O)CSc2nc3sc(-c4ccccc4)cc3c(=O)n2C)no1. The lowest BCUT2D eigenvalue weighted by Gasteiger charge is -2.06. The van der Waals surface area contributed by atoms with Crippen molar-refractivity contribution in [2.45, 2.75) is 12.1 Å². The molecule has 28 heavy (non-hydrogen) atoms. The molecule has 0 aliphatic heterocycles. The normalized spacial score (nSPS) is 11.1. The minimum atomic E-state index is -0.246. The Morgan fingerprint density at radius 2 is 2.07 bits per heavy atom. The predicted octanol–water partition coefficient (Wildman–Crippen LogP) is 3.69. The average molecular weight is 412 g/mol. The average Bonchev–Trinajstić information content (AvgIpc) is 3.30. The minimum absolute atomic E-state index is 0.106. The lowest BCUT2D eigenvalue weighted by molar-refractivity contribution is -0.113. The van der Waals surface area contributed by atoms with E-state index in [4.69, 9.17) is 4.52 Å². The van der Waals surface area contributed by atoms with Gasteiger partial charge < -0.3 is 9.84 Å². The summed E-state index contributed by atoms with van der Waals surface area (Å²) in [6.45, 7) is 1.75. The summed E-state index contributed by atoms with van der Waals surface area (Å²) in [5.74, 6) is 0.841. The molecular formula is C19H16N4O3S2. The molecule has 0 fully saturated rings. The molecule has 9 heteroatoms. The summed E-state index contributed by atoms with van der Waals surface area (Å²) in [5, 5.41) is 7.46. The Balaban J connectivity index is 1.56. The van der Waals surface area contributed by atoms with Crippen LogP contribution in [-0.4, -0.2) is 26.4 Å². The van der Waals surface area contributed by atoms with E-state index in [0.29, 0.717) is 27.0 Å². The first kappa shape index (κ1) is 18.5. The van der Waals surface area contributed by atoms with Crippen LogP contribution in [0, 0.1) is 6.92 Å². The van der Waals surface area contributed by atoms with Gasteiger partial charge in [0.1, 0.15) is 10.6 Å². The molecule has 0 bridgehead atoms. The zero-order valence-corrected chi connectivity index (χ0v) is 16.8. The summed E-state index contributed by atoms with van der Waals surface area (Å²) >= 11 is 2.67. The quantitative estimate of drug-likeness (QED) is 0.397. The molecule has 3 heterocycles. The Kier molecular flexibility index (Phi) is 5.01. The predicted molar refractivity (Wildman–Crippen MR) is 111 cm³/mol. The highest BCUT2D eigenvalue weighted by atomic mass is 32.2. The molecule has 0 spiro atoms. The number of thioether (sulfide) groups is 1. The summed E-state index contributed by atoms with van der Waals surface area (Å²) in [6, 6.07) is 13.4. The van der Waals surface area contributed by atoms with Crippen LogP contribution >= 0.6 is 23.1 Å². The van der Waals surface area contributed by atoms with Gasteiger partial charge in [0, 0.05) is 18.0 Å². The lowest BCUT2D eigenvalue weighted by atomic mass is 10.2. The van der Waals surface area contributed by atoms with Crippen LogP contribution in [0.3, 0.4) is 0 Å². The van der Waals surface area contributed by atoms with Crippen molar-refractivity contribution in [2.24, 2.45) is 7.05 Å². The summed E-state index contributed by atoms with van der Waals surface area (Å²) in [6.07, 6.45) is 0. The third kappa shape index (κ3) is 3.71. The van der Waals surface area contributed by atoms with Crippen LogP contribution in [0.1, 0.15) is 5.76 Å². The number of fused-ring (bicyclic) bond motifs is 1. The molecular weight excluding hydrogens is 396 g/mol. The number of aromatic nitrogens is 3. The Morgan fingerprint density at radius 3 is 2.79 bits per heavy atom. The van der Waals surface area contributed by atoms with E-state index < -0.39 is 0 Å². The van der Waals surface area contributed by atoms with Crippen LogP contribution in [0.5, 0.6) is 0 Å². The molecule has 0 aliphatic rings. The van der Waals surface area contributed by atoms with Crippen molar-refractivity contribution in [3.63, 3.8) is 0 Å². The van der Waals surface area contributed by atoms with Gasteiger partial charge in [-0.2, -0.15) is 0 Å². The Labute approximate surface area is 168 Å². The molecule has 0 unspecified atom stereocenters. The topological polar surface area (TPSA) is 90.0 Å². The van der Waals surface area contributed by atoms with Gasteiger partial charge in [0.15, 0.2) is 11.0 Å². The fraction of sp³-hybridized carbons (Fsp3) is 0.158. The monoisotopic (exact) mass is 412 g/mol.